The van der Waals surface area contributed by atoms with E-state index in [1.165, 1.54) is 0 Å². The van der Waals surface area contributed by atoms with Crippen molar-refractivity contribution in [3.63, 3.8) is 0 Å². The maximum atomic E-state index is 12.4. The molecule has 0 atom stereocenters. The highest BCUT2D eigenvalue weighted by atomic mass is 32.2. The number of alkyl halides is 3. The molecule has 0 aromatic heterocycles. The molecular formula is C14H18F3NS. The SMILES string of the molecule is Cc1cc(C[C@H]2C[C@@H](CN)C2)cc(SC(F)(F)F)c1. The van der Waals surface area contributed by atoms with E-state index in [1.807, 2.05) is 13.0 Å². The second-order valence-corrected chi connectivity index (χ2v) is 6.48. The highest BCUT2D eigenvalue weighted by Crippen LogP contribution is 2.39. The van der Waals surface area contributed by atoms with Crippen LogP contribution >= 0.6 is 11.8 Å². The lowest BCUT2D eigenvalue weighted by Crippen LogP contribution is -2.31. The summed E-state index contributed by atoms with van der Waals surface area (Å²) >= 11 is -0.0332. The van der Waals surface area contributed by atoms with Gasteiger partial charge in [-0.1, -0.05) is 6.07 Å². The van der Waals surface area contributed by atoms with E-state index in [4.69, 9.17) is 5.73 Å². The van der Waals surface area contributed by atoms with E-state index >= 15 is 0 Å². The van der Waals surface area contributed by atoms with Crippen molar-refractivity contribution in [2.75, 3.05) is 6.54 Å². The van der Waals surface area contributed by atoms with Gasteiger partial charge in [0, 0.05) is 4.90 Å². The highest BCUT2D eigenvalue weighted by Gasteiger charge is 2.30. The van der Waals surface area contributed by atoms with E-state index < -0.39 is 5.51 Å². The molecule has 0 unspecified atom stereocenters. The van der Waals surface area contributed by atoms with Crippen LogP contribution in [0.25, 0.3) is 0 Å². The summed E-state index contributed by atoms with van der Waals surface area (Å²) in [6.07, 6.45) is 3.07. The zero-order valence-corrected chi connectivity index (χ0v) is 11.7. The Bertz CT molecular complexity index is 439. The van der Waals surface area contributed by atoms with E-state index in [2.05, 4.69) is 0 Å². The Morgan fingerprint density at radius 1 is 1.21 bits per heavy atom. The maximum Gasteiger partial charge on any atom is 0.446 e. The Labute approximate surface area is 115 Å². The van der Waals surface area contributed by atoms with E-state index in [0.29, 0.717) is 11.8 Å². The molecule has 0 aliphatic heterocycles. The van der Waals surface area contributed by atoms with E-state index in [-0.39, 0.29) is 16.7 Å². The molecule has 0 spiro atoms. The summed E-state index contributed by atoms with van der Waals surface area (Å²) in [7, 11) is 0. The second-order valence-electron chi connectivity index (χ2n) is 5.35. The molecule has 0 saturated heterocycles. The van der Waals surface area contributed by atoms with Crippen molar-refractivity contribution in [1.82, 2.24) is 0 Å². The summed E-state index contributed by atoms with van der Waals surface area (Å²) in [6.45, 7) is 2.56. The lowest BCUT2D eigenvalue weighted by molar-refractivity contribution is -0.0328. The van der Waals surface area contributed by atoms with Crippen molar-refractivity contribution in [2.24, 2.45) is 17.6 Å². The molecule has 1 aliphatic carbocycles. The van der Waals surface area contributed by atoms with Crippen LogP contribution < -0.4 is 5.73 Å². The molecule has 106 valence electrons. The van der Waals surface area contributed by atoms with E-state index in [9.17, 15) is 13.2 Å². The minimum atomic E-state index is -4.22. The first kappa shape index (κ1) is 14.7. The summed E-state index contributed by atoms with van der Waals surface area (Å²) in [4.78, 5) is 0.289. The number of thioether (sulfide) groups is 1. The number of hydrogen-bond donors (Lipinski definition) is 1. The van der Waals surface area contributed by atoms with Crippen molar-refractivity contribution >= 4 is 11.8 Å². The van der Waals surface area contributed by atoms with Crippen LogP contribution in [-0.4, -0.2) is 12.1 Å². The molecule has 0 amide bonds. The molecule has 0 bridgehead atoms. The molecule has 2 rings (SSSR count). The molecule has 1 aromatic rings. The zero-order valence-electron chi connectivity index (χ0n) is 10.8. The van der Waals surface area contributed by atoms with Gasteiger partial charge in [-0.25, -0.2) is 0 Å². The van der Waals surface area contributed by atoms with Crippen molar-refractivity contribution in [3.8, 4) is 0 Å². The molecule has 2 N–H and O–H groups in total. The number of hydrogen-bond acceptors (Lipinski definition) is 2. The van der Waals surface area contributed by atoms with Crippen LogP contribution in [0.15, 0.2) is 23.1 Å². The Morgan fingerprint density at radius 3 is 2.47 bits per heavy atom. The average Bonchev–Trinajstić information content (AvgIpc) is 2.19. The smallest absolute Gasteiger partial charge is 0.330 e. The first-order valence-corrected chi connectivity index (χ1v) is 7.24. The fourth-order valence-corrected chi connectivity index (χ4v) is 3.42. The van der Waals surface area contributed by atoms with Gasteiger partial charge < -0.3 is 5.73 Å². The number of benzene rings is 1. The standard InChI is InChI=1S/C14H18F3NS/c1-9-2-10(4-11-5-12(6-11)8-18)7-13(3-9)19-14(15,16)17/h2-3,7,11-12H,4-6,8,18H2,1H3/t11-,12+. The van der Waals surface area contributed by atoms with Crippen molar-refractivity contribution in [3.05, 3.63) is 29.3 Å². The van der Waals surface area contributed by atoms with Crippen LogP contribution in [0, 0.1) is 18.8 Å². The second kappa shape index (κ2) is 5.75. The van der Waals surface area contributed by atoms with Gasteiger partial charge in [-0.05, 0) is 79.6 Å². The molecular weight excluding hydrogens is 271 g/mol. The van der Waals surface area contributed by atoms with Gasteiger partial charge in [-0.15, -0.1) is 0 Å². The van der Waals surface area contributed by atoms with Crippen LogP contribution in [0.2, 0.25) is 0 Å². The van der Waals surface area contributed by atoms with Gasteiger partial charge in [-0.2, -0.15) is 13.2 Å². The predicted octanol–water partition coefficient (Wildman–Crippen LogP) is 4.13. The van der Waals surface area contributed by atoms with Crippen LogP contribution in [-0.2, 0) is 6.42 Å². The maximum absolute atomic E-state index is 12.4. The highest BCUT2D eigenvalue weighted by molar-refractivity contribution is 8.00. The third kappa shape index (κ3) is 4.42. The molecule has 1 saturated carbocycles. The summed E-state index contributed by atoms with van der Waals surface area (Å²) in [5.74, 6) is 1.19. The molecule has 19 heavy (non-hydrogen) atoms. The molecule has 5 heteroatoms. The minimum Gasteiger partial charge on any atom is -0.330 e. The Hall–Kier alpha value is -0.680. The van der Waals surface area contributed by atoms with Gasteiger partial charge in [-0.3, -0.25) is 0 Å². The quantitative estimate of drug-likeness (QED) is 0.843. The number of halogens is 3. The zero-order chi connectivity index (χ0) is 14.0. The van der Waals surface area contributed by atoms with Gasteiger partial charge >= 0.3 is 5.51 Å². The van der Waals surface area contributed by atoms with Gasteiger partial charge in [0.2, 0.25) is 0 Å². The largest absolute Gasteiger partial charge is 0.446 e. The summed E-state index contributed by atoms with van der Waals surface area (Å²) < 4.78 is 37.2. The fourth-order valence-electron chi connectivity index (χ4n) is 2.70. The lowest BCUT2D eigenvalue weighted by atomic mass is 9.72. The van der Waals surface area contributed by atoms with Gasteiger partial charge in [0.15, 0.2) is 0 Å². The summed E-state index contributed by atoms with van der Waals surface area (Å²) in [5.41, 5.74) is 3.26. The number of rotatable bonds is 4. The average molecular weight is 289 g/mol. The van der Waals surface area contributed by atoms with Crippen molar-refractivity contribution in [2.45, 2.75) is 36.6 Å². The molecule has 0 heterocycles. The molecule has 1 aliphatic rings. The van der Waals surface area contributed by atoms with E-state index in [1.54, 1.807) is 12.1 Å². The van der Waals surface area contributed by atoms with E-state index in [0.717, 1.165) is 36.9 Å². The molecule has 1 nitrogen and oxygen atoms in total. The molecule has 0 radical (unpaired) electrons. The predicted molar refractivity (Wildman–Crippen MR) is 72.1 cm³/mol. The normalized spacial score (nSPS) is 23.2. The third-order valence-electron chi connectivity index (χ3n) is 3.54. The van der Waals surface area contributed by atoms with Crippen LogP contribution in [0.5, 0.6) is 0 Å². The topological polar surface area (TPSA) is 26.0 Å². The summed E-state index contributed by atoms with van der Waals surface area (Å²) in [6, 6.07) is 5.24. The van der Waals surface area contributed by atoms with Crippen LogP contribution in [0.4, 0.5) is 13.2 Å². The van der Waals surface area contributed by atoms with Gasteiger partial charge in [0.1, 0.15) is 0 Å². The Balaban J connectivity index is 2.01. The molecule has 1 fully saturated rings. The van der Waals surface area contributed by atoms with Gasteiger partial charge in [0.25, 0.3) is 0 Å². The minimum absolute atomic E-state index is 0.0332. The van der Waals surface area contributed by atoms with Crippen molar-refractivity contribution in [1.29, 1.82) is 0 Å². The fraction of sp³-hybridized carbons (Fsp3) is 0.571. The summed E-state index contributed by atoms with van der Waals surface area (Å²) in [5, 5.41) is 0. The van der Waals surface area contributed by atoms with Crippen LogP contribution in [0.1, 0.15) is 24.0 Å². The first-order valence-electron chi connectivity index (χ1n) is 6.42. The number of aryl methyl sites for hydroxylation is 1. The Kier molecular flexibility index (Phi) is 4.46. The third-order valence-corrected chi connectivity index (χ3v) is 4.24. The number of nitrogens with two attached hydrogens (primary N) is 1. The first-order chi connectivity index (χ1) is 8.85. The van der Waals surface area contributed by atoms with Crippen molar-refractivity contribution < 1.29 is 13.2 Å². The lowest BCUT2D eigenvalue weighted by Gasteiger charge is -2.34. The monoisotopic (exact) mass is 289 g/mol. The molecule has 1 aromatic carbocycles. The van der Waals surface area contributed by atoms with Gasteiger partial charge in [0.05, 0.1) is 0 Å². The Morgan fingerprint density at radius 2 is 1.89 bits per heavy atom. The van der Waals surface area contributed by atoms with Crippen LogP contribution in [0.3, 0.4) is 0 Å².